The molecular formula is C15H26N2O4. The van der Waals surface area contributed by atoms with E-state index in [4.69, 9.17) is 0 Å². The highest BCUT2D eigenvalue weighted by Gasteiger charge is 2.23. The maximum absolute atomic E-state index is 12.0. The first-order valence-electron chi connectivity index (χ1n) is 7.19. The van der Waals surface area contributed by atoms with Gasteiger partial charge in [-0.1, -0.05) is 13.8 Å². The van der Waals surface area contributed by atoms with Crippen molar-refractivity contribution in [1.29, 1.82) is 0 Å². The van der Waals surface area contributed by atoms with Crippen LogP contribution in [0.25, 0.3) is 0 Å². The van der Waals surface area contributed by atoms with Gasteiger partial charge in [0.25, 0.3) is 0 Å². The third-order valence-electron chi connectivity index (χ3n) is 3.01. The second-order valence-electron chi connectivity index (χ2n) is 5.82. The quantitative estimate of drug-likeness (QED) is 0.746. The summed E-state index contributed by atoms with van der Waals surface area (Å²) in [6, 6.07) is -0.245. The fraction of sp³-hybridized carbons (Fsp3) is 0.733. The van der Waals surface area contributed by atoms with Gasteiger partial charge < -0.3 is 0 Å². The molecule has 21 heavy (non-hydrogen) atoms. The summed E-state index contributed by atoms with van der Waals surface area (Å²) in [5.41, 5.74) is 0. The molecule has 0 aromatic carbocycles. The van der Waals surface area contributed by atoms with Crippen LogP contribution in [0.2, 0.25) is 0 Å². The summed E-state index contributed by atoms with van der Waals surface area (Å²) in [4.78, 5) is 49.2. The molecule has 0 rings (SSSR count). The zero-order valence-electron chi connectivity index (χ0n) is 13.8. The molecular weight excluding hydrogens is 272 g/mol. The average molecular weight is 298 g/mol. The van der Waals surface area contributed by atoms with Crippen molar-refractivity contribution in [3.05, 3.63) is 0 Å². The molecule has 0 saturated carbocycles. The normalized spacial score (nSPS) is 10.7. The van der Waals surface area contributed by atoms with Crippen molar-refractivity contribution >= 4 is 23.6 Å². The number of amides is 4. The molecule has 0 saturated heterocycles. The second-order valence-corrected chi connectivity index (χ2v) is 5.82. The van der Waals surface area contributed by atoms with Crippen molar-refractivity contribution in [3.8, 4) is 0 Å². The molecule has 0 radical (unpaired) electrons. The number of rotatable bonds is 6. The Morgan fingerprint density at radius 3 is 1.71 bits per heavy atom. The Kier molecular flexibility index (Phi) is 7.84. The Labute approximate surface area is 126 Å². The first-order chi connectivity index (χ1) is 9.57. The lowest BCUT2D eigenvalue weighted by molar-refractivity contribution is -0.149. The van der Waals surface area contributed by atoms with Gasteiger partial charge in [-0.2, -0.15) is 0 Å². The monoisotopic (exact) mass is 298 g/mol. The molecule has 0 unspecified atom stereocenters. The number of hydrogen-bond acceptors (Lipinski definition) is 4. The Hall–Kier alpha value is -1.72. The number of nitrogens with zero attached hydrogens (tertiary/aromatic N) is 2. The van der Waals surface area contributed by atoms with Crippen molar-refractivity contribution < 1.29 is 19.2 Å². The highest BCUT2D eigenvalue weighted by molar-refractivity contribution is 5.98. The number of carbonyl (C=O) groups excluding carboxylic acids is 4. The summed E-state index contributed by atoms with van der Waals surface area (Å²) in [5, 5.41) is 0. The maximum Gasteiger partial charge on any atom is 0.229 e. The van der Waals surface area contributed by atoms with Crippen LogP contribution in [-0.2, 0) is 19.2 Å². The van der Waals surface area contributed by atoms with Crippen molar-refractivity contribution in [2.75, 3.05) is 7.05 Å². The van der Waals surface area contributed by atoms with Crippen LogP contribution in [0.4, 0.5) is 0 Å². The van der Waals surface area contributed by atoms with Crippen LogP contribution in [0.3, 0.4) is 0 Å². The van der Waals surface area contributed by atoms with E-state index >= 15 is 0 Å². The molecule has 0 bridgehead atoms. The van der Waals surface area contributed by atoms with Gasteiger partial charge in [0.05, 0.1) is 0 Å². The Balaban J connectivity index is 4.51. The van der Waals surface area contributed by atoms with Crippen LogP contribution in [0.1, 0.15) is 53.9 Å². The van der Waals surface area contributed by atoms with E-state index in [-0.39, 0.29) is 36.6 Å². The molecule has 6 heteroatoms. The van der Waals surface area contributed by atoms with Crippen molar-refractivity contribution in [2.45, 2.75) is 59.9 Å². The van der Waals surface area contributed by atoms with E-state index in [2.05, 4.69) is 0 Å². The lowest BCUT2D eigenvalue weighted by Gasteiger charge is -2.23. The maximum atomic E-state index is 12.0. The average Bonchev–Trinajstić information content (AvgIpc) is 2.33. The van der Waals surface area contributed by atoms with E-state index in [0.717, 1.165) is 9.80 Å². The van der Waals surface area contributed by atoms with Crippen LogP contribution < -0.4 is 0 Å². The van der Waals surface area contributed by atoms with E-state index in [1.54, 1.807) is 13.8 Å². The van der Waals surface area contributed by atoms with Crippen molar-refractivity contribution in [3.63, 3.8) is 0 Å². The summed E-state index contributed by atoms with van der Waals surface area (Å²) < 4.78 is 0. The standard InChI is InChI=1S/C15H26N2O4/c1-10(2)9-15(21)16(6)13(19)7-8-14(20)17(11(3)4)12(5)18/h10-11H,7-9H2,1-6H3. The lowest BCUT2D eigenvalue weighted by Crippen LogP contribution is -2.41. The van der Waals surface area contributed by atoms with Gasteiger partial charge in [0, 0.05) is 39.3 Å². The third-order valence-corrected chi connectivity index (χ3v) is 3.01. The summed E-state index contributed by atoms with van der Waals surface area (Å²) in [5.74, 6) is -1.22. The summed E-state index contributed by atoms with van der Waals surface area (Å²) in [6.45, 7) is 8.58. The van der Waals surface area contributed by atoms with Gasteiger partial charge in [-0.15, -0.1) is 0 Å². The van der Waals surface area contributed by atoms with Crippen LogP contribution >= 0.6 is 0 Å². The van der Waals surface area contributed by atoms with E-state index in [0.29, 0.717) is 6.42 Å². The summed E-state index contributed by atoms with van der Waals surface area (Å²) in [6.07, 6.45) is 0.146. The minimum Gasteiger partial charge on any atom is -0.286 e. The predicted octanol–water partition coefficient (Wildman–Crippen LogP) is 1.58. The van der Waals surface area contributed by atoms with Gasteiger partial charge in [0.2, 0.25) is 23.6 Å². The molecule has 0 aromatic rings. The second kappa shape index (κ2) is 8.54. The Morgan fingerprint density at radius 2 is 1.33 bits per heavy atom. The first kappa shape index (κ1) is 19.3. The Bertz CT molecular complexity index is 416. The molecule has 0 spiro atoms. The van der Waals surface area contributed by atoms with Gasteiger partial charge in [0.1, 0.15) is 0 Å². The highest BCUT2D eigenvalue weighted by Crippen LogP contribution is 2.08. The lowest BCUT2D eigenvalue weighted by atomic mass is 10.1. The van der Waals surface area contributed by atoms with Crippen LogP contribution in [0, 0.1) is 5.92 Å². The zero-order chi connectivity index (χ0) is 16.7. The third kappa shape index (κ3) is 6.51. The van der Waals surface area contributed by atoms with E-state index in [1.165, 1.54) is 14.0 Å². The summed E-state index contributed by atoms with van der Waals surface area (Å²) in [7, 11) is 1.42. The molecule has 0 N–H and O–H groups in total. The summed E-state index contributed by atoms with van der Waals surface area (Å²) >= 11 is 0. The topological polar surface area (TPSA) is 74.8 Å². The molecule has 0 heterocycles. The van der Waals surface area contributed by atoms with E-state index in [9.17, 15) is 19.2 Å². The van der Waals surface area contributed by atoms with Crippen LogP contribution in [0.15, 0.2) is 0 Å². The molecule has 4 amide bonds. The molecule has 0 aliphatic carbocycles. The van der Waals surface area contributed by atoms with Crippen LogP contribution in [0.5, 0.6) is 0 Å². The van der Waals surface area contributed by atoms with E-state index in [1.807, 2.05) is 13.8 Å². The van der Waals surface area contributed by atoms with Crippen molar-refractivity contribution in [1.82, 2.24) is 9.80 Å². The number of imide groups is 2. The predicted molar refractivity (Wildman–Crippen MR) is 79.1 cm³/mol. The smallest absolute Gasteiger partial charge is 0.229 e. The van der Waals surface area contributed by atoms with Gasteiger partial charge in [-0.3, -0.25) is 29.0 Å². The molecule has 0 atom stereocenters. The minimum absolute atomic E-state index is 0.0735. The SMILES string of the molecule is CC(=O)N(C(=O)CCC(=O)N(C)C(=O)CC(C)C)C(C)C. The number of carbonyl (C=O) groups is 4. The van der Waals surface area contributed by atoms with Gasteiger partial charge in [0.15, 0.2) is 0 Å². The zero-order valence-corrected chi connectivity index (χ0v) is 13.8. The highest BCUT2D eigenvalue weighted by atomic mass is 16.2. The van der Waals surface area contributed by atoms with Gasteiger partial charge >= 0.3 is 0 Å². The van der Waals surface area contributed by atoms with Gasteiger partial charge in [-0.25, -0.2) is 0 Å². The molecule has 6 nitrogen and oxygen atoms in total. The number of hydrogen-bond donors (Lipinski definition) is 0. The Morgan fingerprint density at radius 1 is 0.857 bits per heavy atom. The molecule has 0 aliphatic rings. The largest absolute Gasteiger partial charge is 0.286 e. The van der Waals surface area contributed by atoms with Crippen LogP contribution in [-0.4, -0.2) is 46.5 Å². The molecule has 120 valence electrons. The molecule has 0 aliphatic heterocycles. The van der Waals surface area contributed by atoms with E-state index < -0.39 is 11.8 Å². The molecule has 0 aromatic heterocycles. The molecule has 0 fully saturated rings. The fourth-order valence-electron chi connectivity index (χ4n) is 1.95. The van der Waals surface area contributed by atoms with Gasteiger partial charge in [-0.05, 0) is 19.8 Å². The fourth-order valence-corrected chi connectivity index (χ4v) is 1.95. The van der Waals surface area contributed by atoms with Crippen molar-refractivity contribution in [2.24, 2.45) is 5.92 Å². The first-order valence-corrected chi connectivity index (χ1v) is 7.19. The minimum atomic E-state index is -0.402.